The molecule has 1 aromatic rings. The van der Waals surface area contributed by atoms with Gasteiger partial charge in [-0.3, -0.25) is 14.9 Å². The lowest BCUT2D eigenvalue weighted by Crippen LogP contribution is -2.33. The summed E-state index contributed by atoms with van der Waals surface area (Å²) in [5, 5.41) is 19.8. The quantitative estimate of drug-likeness (QED) is 0.658. The van der Waals surface area contributed by atoms with E-state index in [4.69, 9.17) is 5.11 Å². The molecule has 0 spiro atoms. The highest BCUT2D eigenvalue weighted by Gasteiger charge is 2.36. The van der Waals surface area contributed by atoms with Gasteiger partial charge in [-0.2, -0.15) is 0 Å². The van der Waals surface area contributed by atoms with Crippen molar-refractivity contribution in [3.63, 3.8) is 0 Å². The van der Waals surface area contributed by atoms with Gasteiger partial charge in [0, 0.05) is 18.2 Å². The molecular weight excluding hydrogens is 250 g/mol. The first-order valence-electron chi connectivity index (χ1n) is 6.02. The van der Waals surface area contributed by atoms with Crippen molar-refractivity contribution in [3.8, 4) is 0 Å². The summed E-state index contributed by atoms with van der Waals surface area (Å²) in [5.74, 6) is -0.634. The Bertz CT molecular complexity index is 532. The van der Waals surface area contributed by atoms with Crippen LogP contribution in [0.5, 0.6) is 0 Å². The smallest absolute Gasteiger partial charge is 0.308 e. The summed E-state index contributed by atoms with van der Waals surface area (Å²) in [6.07, 6.45) is 1.79. The van der Waals surface area contributed by atoms with Crippen LogP contribution in [0, 0.1) is 23.0 Å². The Morgan fingerprint density at radius 1 is 1.63 bits per heavy atom. The monoisotopic (exact) mass is 265 g/mol. The number of carboxylic acid groups (broad SMARTS) is 1. The van der Waals surface area contributed by atoms with Gasteiger partial charge >= 0.3 is 5.97 Å². The Labute approximate surface area is 110 Å². The number of aryl methyl sites for hydroxylation is 1. The van der Waals surface area contributed by atoms with Crippen LogP contribution < -0.4 is 4.90 Å². The zero-order chi connectivity index (χ0) is 14.2. The van der Waals surface area contributed by atoms with Gasteiger partial charge in [-0.15, -0.1) is 0 Å². The molecule has 1 N–H and O–H groups in total. The molecule has 0 radical (unpaired) electrons. The molecule has 0 aromatic carbocycles. The number of hydrogen-bond acceptors (Lipinski definition) is 5. The standard InChI is InChI=1S/C12H15N3O4/c1-7-5-11(13-6-10(7)15(18)19)14-4-3-9(8(14)2)12(16)17/h5-6,8-9H,3-4H2,1-2H3,(H,16,17). The summed E-state index contributed by atoms with van der Waals surface area (Å²) in [6.45, 7) is 4.09. The number of hydrogen-bond donors (Lipinski definition) is 1. The Morgan fingerprint density at radius 2 is 2.32 bits per heavy atom. The third-order valence-corrected chi connectivity index (χ3v) is 3.63. The second-order valence-electron chi connectivity index (χ2n) is 4.75. The molecule has 0 bridgehead atoms. The summed E-state index contributed by atoms with van der Waals surface area (Å²) in [5.41, 5.74) is 0.506. The van der Waals surface area contributed by atoms with E-state index in [1.54, 1.807) is 13.0 Å². The number of carbonyl (C=O) groups is 1. The van der Waals surface area contributed by atoms with E-state index in [2.05, 4.69) is 4.98 Å². The number of aliphatic carboxylic acids is 1. The van der Waals surface area contributed by atoms with Crippen molar-refractivity contribution in [2.75, 3.05) is 11.4 Å². The van der Waals surface area contributed by atoms with Crippen LogP contribution in [0.2, 0.25) is 0 Å². The van der Waals surface area contributed by atoms with E-state index in [9.17, 15) is 14.9 Å². The van der Waals surface area contributed by atoms with Crippen molar-refractivity contribution in [2.24, 2.45) is 5.92 Å². The number of pyridine rings is 1. The number of rotatable bonds is 3. The molecule has 1 aliphatic rings. The predicted molar refractivity (Wildman–Crippen MR) is 68.2 cm³/mol. The fourth-order valence-electron chi connectivity index (χ4n) is 2.48. The van der Waals surface area contributed by atoms with Crippen LogP contribution in [0.1, 0.15) is 18.9 Å². The van der Waals surface area contributed by atoms with E-state index in [0.717, 1.165) is 0 Å². The van der Waals surface area contributed by atoms with Crippen LogP contribution in [0.15, 0.2) is 12.3 Å². The second-order valence-corrected chi connectivity index (χ2v) is 4.75. The molecule has 1 aromatic heterocycles. The molecule has 1 aliphatic heterocycles. The van der Waals surface area contributed by atoms with Gasteiger partial charge in [-0.05, 0) is 26.3 Å². The minimum Gasteiger partial charge on any atom is -0.481 e. The van der Waals surface area contributed by atoms with E-state index in [1.165, 1.54) is 6.20 Å². The van der Waals surface area contributed by atoms with E-state index < -0.39 is 16.8 Å². The average Bonchev–Trinajstić information content (AvgIpc) is 2.70. The first kappa shape index (κ1) is 13.3. The maximum absolute atomic E-state index is 11.1. The van der Waals surface area contributed by atoms with Crippen LogP contribution in [-0.4, -0.2) is 33.6 Å². The first-order valence-corrected chi connectivity index (χ1v) is 6.02. The zero-order valence-electron chi connectivity index (χ0n) is 10.7. The fraction of sp³-hybridized carbons (Fsp3) is 0.500. The van der Waals surface area contributed by atoms with Gasteiger partial charge in [0.05, 0.1) is 10.8 Å². The number of nitro groups is 1. The number of anilines is 1. The molecule has 2 atom stereocenters. The minimum absolute atomic E-state index is 0.0228. The van der Waals surface area contributed by atoms with Crippen LogP contribution in [0.4, 0.5) is 11.5 Å². The Kier molecular flexibility index (Phi) is 3.37. The Morgan fingerprint density at radius 3 is 2.79 bits per heavy atom. The normalized spacial score (nSPS) is 22.5. The summed E-state index contributed by atoms with van der Waals surface area (Å²) in [7, 11) is 0. The van der Waals surface area contributed by atoms with Crippen molar-refractivity contribution in [3.05, 3.63) is 27.9 Å². The third kappa shape index (κ3) is 2.35. The third-order valence-electron chi connectivity index (χ3n) is 3.63. The molecule has 2 heterocycles. The van der Waals surface area contributed by atoms with E-state index in [1.807, 2.05) is 11.8 Å². The summed E-state index contributed by atoms with van der Waals surface area (Å²) >= 11 is 0. The zero-order valence-corrected chi connectivity index (χ0v) is 10.7. The summed E-state index contributed by atoms with van der Waals surface area (Å²) < 4.78 is 0. The van der Waals surface area contributed by atoms with Crippen molar-refractivity contribution in [1.82, 2.24) is 4.98 Å². The number of carboxylic acids is 1. The molecule has 1 fully saturated rings. The molecule has 2 unspecified atom stereocenters. The van der Waals surface area contributed by atoms with Gasteiger partial charge in [0.1, 0.15) is 12.0 Å². The highest BCUT2D eigenvalue weighted by Crippen LogP contribution is 2.30. The lowest BCUT2D eigenvalue weighted by molar-refractivity contribution is -0.385. The molecule has 7 heteroatoms. The van der Waals surface area contributed by atoms with Crippen molar-refractivity contribution in [2.45, 2.75) is 26.3 Å². The Balaban J connectivity index is 2.27. The molecule has 0 saturated carbocycles. The lowest BCUT2D eigenvalue weighted by atomic mass is 10.0. The lowest BCUT2D eigenvalue weighted by Gasteiger charge is -2.24. The van der Waals surface area contributed by atoms with Gasteiger partial charge in [0.15, 0.2) is 0 Å². The van der Waals surface area contributed by atoms with Gasteiger partial charge in [-0.25, -0.2) is 4.98 Å². The molecule has 1 saturated heterocycles. The highest BCUT2D eigenvalue weighted by molar-refractivity contribution is 5.72. The molecule has 7 nitrogen and oxygen atoms in total. The molecule has 0 amide bonds. The fourth-order valence-corrected chi connectivity index (χ4v) is 2.48. The van der Waals surface area contributed by atoms with E-state index in [-0.39, 0.29) is 11.7 Å². The van der Waals surface area contributed by atoms with Gasteiger partial charge in [-0.1, -0.05) is 0 Å². The summed E-state index contributed by atoms with van der Waals surface area (Å²) in [6, 6.07) is 1.48. The molecule has 19 heavy (non-hydrogen) atoms. The maximum atomic E-state index is 11.1. The Hall–Kier alpha value is -2.18. The maximum Gasteiger partial charge on any atom is 0.308 e. The SMILES string of the molecule is Cc1cc(N2CCC(C(=O)O)C2C)ncc1[N+](=O)[O-]. The average molecular weight is 265 g/mol. The van der Waals surface area contributed by atoms with Crippen LogP contribution >= 0.6 is 0 Å². The second kappa shape index (κ2) is 4.83. The van der Waals surface area contributed by atoms with Crippen LogP contribution in [0.25, 0.3) is 0 Å². The summed E-state index contributed by atoms with van der Waals surface area (Å²) in [4.78, 5) is 27.3. The molecule has 102 valence electrons. The minimum atomic E-state index is -0.811. The molecular formula is C12H15N3O4. The van der Waals surface area contributed by atoms with Crippen molar-refractivity contribution < 1.29 is 14.8 Å². The number of nitrogens with zero attached hydrogens (tertiary/aromatic N) is 3. The topological polar surface area (TPSA) is 96.6 Å². The van der Waals surface area contributed by atoms with Gasteiger partial charge < -0.3 is 10.0 Å². The van der Waals surface area contributed by atoms with E-state index in [0.29, 0.717) is 24.3 Å². The highest BCUT2D eigenvalue weighted by atomic mass is 16.6. The van der Waals surface area contributed by atoms with Gasteiger partial charge in [0.25, 0.3) is 5.69 Å². The largest absolute Gasteiger partial charge is 0.481 e. The van der Waals surface area contributed by atoms with Crippen LogP contribution in [-0.2, 0) is 4.79 Å². The van der Waals surface area contributed by atoms with Gasteiger partial charge in [0.2, 0.25) is 0 Å². The first-order chi connectivity index (χ1) is 8.91. The van der Waals surface area contributed by atoms with Crippen molar-refractivity contribution in [1.29, 1.82) is 0 Å². The number of aromatic nitrogens is 1. The van der Waals surface area contributed by atoms with Crippen LogP contribution in [0.3, 0.4) is 0 Å². The molecule has 0 aliphatic carbocycles. The molecule has 2 rings (SSSR count). The van der Waals surface area contributed by atoms with E-state index >= 15 is 0 Å². The van der Waals surface area contributed by atoms with Crippen molar-refractivity contribution >= 4 is 17.5 Å². The predicted octanol–water partition coefficient (Wildman–Crippen LogP) is 1.60.